The summed E-state index contributed by atoms with van der Waals surface area (Å²) in [4.78, 5) is 3.79. The largest absolute Gasteiger partial charge is 0.378 e. The highest BCUT2D eigenvalue weighted by Crippen LogP contribution is 2.48. The quantitative estimate of drug-likeness (QED) is 0.505. The second-order valence-corrected chi connectivity index (χ2v) is 17.6. The van der Waals surface area contributed by atoms with E-state index in [1.807, 2.05) is 31.1 Å². The molecule has 9 nitrogen and oxygen atoms in total. The van der Waals surface area contributed by atoms with Gasteiger partial charge in [0.15, 0.2) is 0 Å². The van der Waals surface area contributed by atoms with E-state index in [1.54, 1.807) is 25.0 Å². The van der Waals surface area contributed by atoms with E-state index >= 15 is 0 Å². The van der Waals surface area contributed by atoms with Gasteiger partial charge in [0.05, 0.1) is 24.5 Å². The Hall–Kier alpha value is -1.24. The molecule has 1 unspecified atom stereocenters. The monoisotopic (exact) mass is 624 g/mol. The molecule has 0 aromatic heterocycles. The molecular formula is C31H54N5O4S2+. The molecule has 238 valence electrons. The second-order valence-electron chi connectivity index (χ2n) is 13.7. The fourth-order valence-corrected chi connectivity index (χ4v) is 10.7. The molecule has 1 N–H and O–H groups in total. The van der Waals surface area contributed by atoms with Gasteiger partial charge in [-0.25, -0.2) is 8.42 Å². The van der Waals surface area contributed by atoms with Crippen LogP contribution in [0.2, 0.25) is 0 Å². The number of quaternary nitrogens is 1. The normalized spacial score (nSPS) is 26.4. The Morgan fingerprint density at radius 1 is 0.738 bits per heavy atom. The van der Waals surface area contributed by atoms with Crippen LogP contribution in [0.4, 0.5) is 5.69 Å². The molecule has 11 heteroatoms. The first-order chi connectivity index (χ1) is 20.1. The fourth-order valence-electron chi connectivity index (χ4n) is 7.32. The molecule has 0 amide bonds. The second kappa shape index (κ2) is 13.8. The van der Waals surface area contributed by atoms with E-state index in [0.717, 1.165) is 76.2 Å². The van der Waals surface area contributed by atoms with Gasteiger partial charge in [0.1, 0.15) is 0 Å². The minimum absolute atomic E-state index is 0.312. The molecule has 1 spiro atoms. The van der Waals surface area contributed by atoms with Gasteiger partial charge in [-0.3, -0.25) is 0 Å². The smallest absolute Gasteiger partial charge is 0.281 e. The van der Waals surface area contributed by atoms with Crippen LogP contribution in [-0.2, 0) is 20.2 Å². The van der Waals surface area contributed by atoms with Crippen molar-refractivity contribution in [1.82, 2.24) is 12.9 Å². The third-order valence-electron chi connectivity index (χ3n) is 10.1. The Labute approximate surface area is 255 Å². The van der Waals surface area contributed by atoms with Crippen molar-refractivity contribution in [3.63, 3.8) is 0 Å². The standard InChI is InChI=1S/C31H53N5O4S2/c1-32(2)29-13-15-30(16-14-29)41(37,38)35-23-9-19-33(25-28-11-5-3-6-12-28)20-10-24-36(27-31(26-35)17-18-31)42(39,40)34-21-7-4-8-22-34/h13-16,28H,3-12,17-27H2,1-2H3/p+1. The number of anilines is 1. The third-order valence-corrected chi connectivity index (χ3v) is 14.0. The first-order valence-electron chi connectivity index (χ1n) is 16.5. The lowest BCUT2D eigenvalue weighted by molar-refractivity contribution is -0.904. The van der Waals surface area contributed by atoms with Crippen LogP contribution in [-0.4, -0.2) is 103 Å². The molecule has 2 aliphatic heterocycles. The minimum Gasteiger partial charge on any atom is -0.378 e. The van der Waals surface area contributed by atoms with E-state index < -0.39 is 20.2 Å². The number of piperidine rings is 1. The molecule has 1 aromatic rings. The van der Waals surface area contributed by atoms with Crippen LogP contribution in [0, 0.1) is 11.3 Å². The summed E-state index contributed by atoms with van der Waals surface area (Å²) < 4.78 is 61.2. The Morgan fingerprint density at radius 2 is 1.29 bits per heavy atom. The van der Waals surface area contributed by atoms with Crippen molar-refractivity contribution >= 4 is 25.9 Å². The first kappa shape index (κ1) is 32.2. The Morgan fingerprint density at radius 3 is 1.88 bits per heavy atom. The molecule has 0 radical (unpaired) electrons. The molecule has 2 saturated heterocycles. The van der Waals surface area contributed by atoms with Crippen LogP contribution in [0.1, 0.15) is 77.0 Å². The number of hydrogen-bond acceptors (Lipinski definition) is 5. The maximum atomic E-state index is 14.1. The van der Waals surface area contributed by atoms with Crippen LogP contribution in [0.25, 0.3) is 0 Å². The fraction of sp³-hybridized carbons (Fsp3) is 0.806. The summed E-state index contributed by atoms with van der Waals surface area (Å²) in [7, 11) is -3.41. The average Bonchev–Trinajstić information content (AvgIpc) is 3.75. The number of hydrogen-bond donors (Lipinski definition) is 1. The summed E-state index contributed by atoms with van der Waals surface area (Å²) in [5, 5.41) is 0. The number of rotatable bonds is 7. The van der Waals surface area contributed by atoms with Gasteiger partial charge in [0, 0.05) is 77.8 Å². The lowest BCUT2D eigenvalue weighted by Crippen LogP contribution is -3.12. The molecule has 4 aliphatic rings. The van der Waals surface area contributed by atoms with Gasteiger partial charge >= 0.3 is 0 Å². The molecule has 5 rings (SSSR count). The average molecular weight is 625 g/mol. The molecular weight excluding hydrogens is 571 g/mol. The maximum Gasteiger partial charge on any atom is 0.281 e. The first-order valence-corrected chi connectivity index (χ1v) is 19.3. The van der Waals surface area contributed by atoms with Crippen molar-refractivity contribution < 1.29 is 21.7 Å². The van der Waals surface area contributed by atoms with Gasteiger partial charge in [-0.05, 0) is 68.2 Å². The third kappa shape index (κ3) is 7.88. The van der Waals surface area contributed by atoms with Crippen molar-refractivity contribution in [2.24, 2.45) is 11.3 Å². The van der Waals surface area contributed by atoms with E-state index in [-0.39, 0.29) is 5.41 Å². The van der Waals surface area contributed by atoms with E-state index in [2.05, 4.69) is 0 Å². The predicted octanol–water partition coefficient (Wildman–Crippen LogP) is 2.82. The minimum atomic E-state index is -3.72. The van der Waals surface area contributed by atoms with Gasteiger partial charge in [-0.15, -0.1) is 0 Å². The van der Waals surface area contributed by atoms with Crippen molar-refractivity contribution in [3.8, 4) is 0 Å². The highest BCUT2D eigenvalue weighted by molar-refractivity contribution is 7.89. The highest BCUT2D eigenvalue weighted by Gasteiger charge is 2.49. The van der Waals surface area contributed by atoms with Crippen molar-refractivity contribution in [2.75, 3.05) is 77.9 Å². The topological polar surface area (TPSA) is 85.7 Å². The van der Waals surface area contributed by atoms with Gasteiger partial charge in [-0.1, -0.05) is 25.7 Å². The van der Waals surface area contributed by atoms with Gasteiger partial charge in [0.2, 0.25) is 10.0 Å². The van der Waals surface area contributed by atoms with Gasteiger partial charge in [-0.2, -0.15) is 21.3 Å². The zero-order valence-corrected chi connectivity index (χ0v) is 27.6. The SMILES string of the molecule is CN(C)c1ccc(S(=O)(=O)N2CCC[NH+](CC3CCCCC3)CCCN(S(=O)(=O)N3CCCCC3)CC3(CC3)C2)cc1. The summed E-state index contributed by atoms with van der Waals surface area (Å²) in [6, 6.07) is 7.15. The summed E-state index contributed by atoms with van der Waals surface area (Å²) in [5.74, 6) is 0.722. The molecule has 2 heterocycles. The van der Waals surface area contributed by atoms with E-state index in [1.165, 1.54) is 37.0 Å². The zero-order chi connectivity index (χ0) is 29.8. The molecule has 1 aromatic carbocycles. The van der Waals surface area contributed by atoms with Gasteiger partial charge < -0.3 is 9.80 Å². The zero-order valence-electron chi connectivity index (χ0n) is 26.0. The van der Waals surface area contributed by atoms with Crippen molar-refractivity contribution in [2.45, 2.75) is 81.9 Å². The molecule has 1 atom stereocenters. The van der Waals surface area contributed by atoms with Crippen LogP contribution >= 0.6 is 0 Å². The summed E-state index contributed by atoms with van der Waals surface area (Å²) in [6.45, 7) is 5.96. The van der Waals surface area contributed by atoms with E-state index in [4.69, 9.17) is 0 Å². The van der Waals surface area contributed by atoms with Crippen LogP contribution in [0.5, 0.6) is 0 Å². The number of nitrogens with one attached hydrogen (secondary N) is 1. The Bertz CT molecular complexity index is 1220. The number of sulfonamides is 1. The maximum absolute atomic E-state index is 14.1. The lowest BCUT2D eigenvalue weighted by Gasteiger charge is -2.36. The molecule has 42 heavy (non-hydrogen) atoms. The Kier molecular flexibility index (Phi) is 10.6. The van der Waals surface area contributed by atoms with E-state index in [9.17, 15) is 16.8 Å². The van der Waals surface area contributed by atoms with Crippen LogP contribution in [0.15, 0.2) is 29.2 Å². The van der Waals surface area contributed by atoms with Crippen molar-refractivity contribution in [1.29, 1.82) is 0 Å². The molecule has 0 bridgehead atoms. The summed E-state index contributed by atoms with van der Waals surface area (Å²) in [6.07, 6.45) is 12.8. The van der Waals surface area contributed by atoms with Gasteiger partial charge in [0.25, 0.3) is 10.2 Å². The van der Waals surface area contributed by atoms with Crippen LogP contribution < -0.4 is 9.80 Å². The van der Waals surface area contributed by atoms with Crippen molar-refractivity contribution in [3.05, 3.63) is 24.3 Å². The molecule has 4 fully saturated rings. The molecule has 2 aliphatic carbocycles. The summed E-state index contributed by atoms with van der Waals surface area (Å²) >= 11 is 0. The molecule has 2 saturated carbocycles. The number of nitrogens with zero attached hydrogens (tertiary/aromatic N) is 4. The van der Waals surface area contributed by atoms with E-state index in [0.29, 0.717) is 44.2 Å². The highest BCUT2D eigenvalue weighted by atomic mass is 32.2. The Balaban J connectivity index is 1.40. The predicted molar refractivity (Wildman–Crippen MR) is 168 cm³/mol. The lowest BCUT2D eigenvalue weighted by atomic mass is 9.89. The summed E-state index contributed by atoms with van der Waals surface area (Å²) in [5.41, 5.74) is 0.648. The number of benzene rings is 1. The van der Waals surface area contributed by atoms with Crippen LogP contribution in [0.3, 0.4) is 0 Å².